The van der Waals surface area contributed by atoms with Crippen molar-refractivity contribution in [3.63, 3.8) is 0 Å². The number of aliphatic hydroxyl groups is 1. The van der Waals surface area contributed by atoms with Crippen LogP contribution in [0.3, 0.4) is 0 Å². The molecule has 1 amide bonds. The van der Waals surface area contributed by atoms with E-state index in [1.165, 1.54) is 0 Å². The van der Waals surface area contributed by atoms with Crippen molar-refractivity contribution in [1.29, 1.82) is 0 Å². The highest BCUT2D eigenvalue weighted by molar-refractivity contribution is 5.81. The van der Waals surface area contributed by atoms with Gasteiger partial charge in [0.2, 0.25) is 5.91 Å². The van der Waals surface area contributed by atoms with Gasteiger partial charge in [-0.2, -0.15) is 0 Å². The number of amides is 1. The number of nitrogens with zero attached hydrogens (tertiary/aromatic N) is 2. The van der Waals surface area contributed by atoms with Crippen molar-refractivity contribution in [3.8, 4) is 5.75 Å². The number of carbonyl (C=O) groups is 1. The van der Waals surface area contributed by atoms with Gasteiger partial charge in [0.15, 0.2) is 0 Å². The first-order chi connectivity index (χ1) is 9.49. The summed E-state index contributed by atoms with van der Waals surface area (Å²) in [5.41, 5.74) is 1.26. The van der Waals surface area contributed by atoms with Crippen LogP contribution in [0.1, 0.15) is 31.4 Å². The number of hydrogen-bond donors (Lipinski definition) is 2. The monoisotopic (exact) mass is 278 g/mol. The van der Waals surface area contributed by atoms with Crippen LogP contribution in [0.5, 0.6) is 5.75 Å². The van der Waals surface area contributed by atoms with Crippen LogP contribution >= 0.6 is 0 Å². The van der Waals surface area contributed by atoms with E-state index >= 15 is 0 Å². The number of anilines is 1. The van der Waals surface area contributed by atoms with Crippen molar-refractivity contribution in [2.24, 2.45) is 0 Å². The highest BCUT2D eigenvalue weighted by Gasteiger charge is 2.19. The Morgan fingerprint density at radius 1 is 1.40 bits per heavy atom. The molecule has 1 fully saturated rings. The molecule has 1 aliphatic heterocycles. The Morgan fingerprint density at radius 3 is 2.60 bits per heavy atom. The van der Waals surface area contributed by atoms with Gasteiger partial charge in [0.25, 0.3) is 0 Å². The summed E-state index contributed by atoms with van der Waals surface area (Å²) < 4.78 is 0. The van der Waals surface area contributed by atoms with E-state index in [1.54, 1.807) is 25.1 Å². The Kier molecular flexibility index (Phi) is 4.49. The van der Waals surface area contributed by atoms with Crippen LogP contribution in [-0.4, -0.2) is 47.7 Å². The predicted molar refractivity (Wildman–Crippen MR) is 77.8 cm³/mol. The second kappa shape index (κ2) is 6.13. The fraction of sp³-hybridized carbons (Fsp3) is 0.533. The standard InChI is InChI=1S/C15H22N2O3/c1-11(18)13-6-5-12(9-14(13)19)16(2)10-15(20)17-7-3-4-8-17/h5-6,9,11,18-19H,3-4,7-8,10H2,1-2H3. The molecular formula is C15H22N2O3. The smallest absolute Gasteiger partial charge is 0.242 e. The third kappa shape index (κ3) is 3.22. The summed E-state index contributed by atoms with van der Waals surface area (Å²) in [5.74, 6) is 0.169. The maximum absolute atomic E-state index is 12.1. The molecule has 1 aliphatic rings. The molecule has 5 nitrogen and oxygen atoms in total. The van der Waals surface area contributed by atoms with Crippen LogP contribution < -0.4 is 4.90 Å². The molecule has 1 heterocycles. The van der Waals surface area contributed by atoms with Crippen LogP contribution in [0.4, 0.5) is 5.69 Å². The molecule has 0 bridgehead atoms. The zero-order valence-corrected chi connectivity index (χ0v) is 12.0. The average Bonchev–Trinajstić information content (AvgIpc) is 2.91. The lowest BCUT2D eigenvalue weighted by Gasteiger charge is -2.23. The minimum absolute atomic E-state index is 0.0537. The number of aliphatic hydroxyl groups excluding tert-OH is 1. The van der Waals surface area contributed by atoms with Gasteiger partial charge in [-0.1, -0.05) is 6.07 Å². The quantitative estimate of drug-likeness (QED) is 0.876. The number of carbonyl (C=O) groups excluding carboxylic acids is 1. The number of phenols is 1. The molecule has 5 heteroatoms. The lowest BCUT2D eigenvalue weighted by molar-refractivity contribution is -0.128. The normalized spacial score (nSPS) is 16.2. The van der Waals surface area contributed by atoms with Gasteiger partial charge in [0.1, 0.15) is 5.75 Å². The molecule has 2 N–H and O–H groups in total. The van der Waals surface area contributed by atoms with Gasteiger partial charge in [0, 0.05) is 37.5 Å². The molecule has 1 unspecified atom stereocenters. The third-order valence-electron chi connectivity index (χ3n) is 3.74. The Morgan fingerprint density at radius 2 is 2.05 bits per heavy atom. The molecule has 1 saturated heterocycles. The first-order valence-corrected chi connectivity index (χ1v) is 6.99. The molecule has 1 aromatic rings. The Hall–Kier alpha value is -1.75. The SMILES string of the molecule is CC(O)c1ccc(N(C)CC(=O)N2CCCC2)cc1O. The summed E-state index contributed by atoms with van der Waals surface area (Å²) in [5, 5.41) is 19.4. The van der Waals surface area contributed by atoms with Gasteiger partial charge in [-0.3, -0.25) is 4.79 Å². The molecule has 110 valence electrons. The second-order valence-electron chi connectivity index (χ2n) is 5.36. The van der Waals surface area contributed by atoms with Crippen LogP contribution in [0.25, 0.3) is 0 Å². The fourth-order valence-corrected chi connectivity index (χ4v) is 2.48. The molecule has 0 aromatic heterocycles. The summed E-state index contributed by atoms with van der Waals surface area (Å²) in [6.07, 6.45) is 1.46. The van der Waals surface area contributed by atoms with Gasteiger partial charge in [0.05, 0.1) is 12.6 Å². The molecule has 0 spiro atoms. The highest BCUT2D eigenvalue weighted by atomic mass is 16.3. The lowest BCUT2D eigenvalue weighted by atomic mass is 10.1. The molecule has 0 radical (unpaired) electrons. The fourth-order valence-electron chi connectivity index (χ4n) is 2.48. The number of likely N-dealkylation sites (tertiary alicyclic amines) is 1. The summed E-state index contributed by atoms with van der Waals surface area (Å²) in [4.78, 5) is 15.8. The number of likely N-dealkylation sites (N-methyl/N-ethyl adjacent to an activating group) is 1. The lowest BCUT2D eigenvalue weighted by Crippen LogP contribution is -2.37. The van der Waals surface area contributed by atoms with Crippen molar-refractivity contribution >= 4 is 11.6 Å². The van der Waals surface area contributed by atoms with E-state index in [-0.39, 0.29) is 11.7 Å². The summed E-state index contributed by atoms with van der Waals surface area (Å²) in [6, 6.07) is 5.07. The average molecular weight is 278 g/mol. The van der Waals surface area contributed by atoms with E-state index in [9.17, 15) is 15.0 Å². The summed E-state index contributed by atoms with van der Waals surface area (Å²) in [6.45, 7) is 3.60. The van der Waals surface area contributed by atoms with Crippen molar-refractivity contribution < 1.29 is 15.0 Å². The Labute approximate surface area is 119 Å². The van der Waals surface area contributed by atoms with E-state index < -0.39 is 6.10 Å². The van der Waals surface area contributed by atoms with Crippen LogP contribution in [0.15, 0.2) is 18.2 Å². The van der Waals surface area contributed by atoms with E-state index in [1.807, 2.05) is 16.8 Å². The number of aromatic hydroxyl groups is 1. The van der Waals surface area contributed by atoms with Crippen molar-refractivity contribution in [2.45, 2.75) is 25.9 Å². The topological polar surface area (TPSA) is 64.0 Å². The maximum atomic E-state index is 12.1. The molecule has 2 rings (SSSR count). The van der Waals surface area contributed by atoms with Gasteiger partial charge in [-0.05, 0) is 25.8 Å². The molecule has 20 heavy (non-hydrogen) atoms. The maximum Gasteiger partial charge on any atom is 0.242 e. The van der Waals surface area contributed by atoms with Gasteiger partial charge >= 0.3 is 0 Å². The van der Waals surface area contributed by atoms with Crippen LogP contribution in [-0.2, 0) is 4.79 Å². The third-order valence-corrected chi connectivity index (χ3v) is 3.74. The van der Waals surface area contributed by atoms with Gasteiger partial charge < -0.3 is 20.0 Å². The second-order valence-corrected chi connectivity index (χ2v) is 5.36. The molecular weight excluding hydrogens is 256 g/mol. The summed E-state index contributed by atoms with van der Waals surface area (Å²) in [7, 11) is 1.82. The van der Waals surface area contributed by atoms with E-state index in [4.69, 9.17) is 0 Å². The van der Waals surface area contributed by atoms with Gasteiger partial charge in [-0.15, -0.1) is 0 Å². The summed E-state index contributed by atoms with van der Waals surface area (Å²) >= 11 is 0. The minimum Gasteiger partial charge on any atom is -0.507 e. The number of rotatable bonds is 4. The first kappa shape index (κ1) is 14.7. The number of benzene rings is 1. The molecule has 0 aliphatic carbocycles. The van der Waals surface area contributed by atoms with Gasteiger partial charge in [-0.25, -0.2) is 0 Å². The van der Waals surface area contributed by atoms with Crippen molar-refractivity contribution in [3.05, 3.63) is 23.8 Å². The van der Waals surface area contributed by atoms with Crippen LogP contribution in [0.2, 0.25) is 0 Å². The molecule has 1 aromatic carbocycles. The van der Waals surface area contributed by atoms with E-state index in [0.29, 0.717) is 12.1 Å². The number of phenolic OH excluding ortho intramolecular Hbond substituents is 1. The Balaban J connectivity index is 2.03. The highest BCUT2D eigenvalue weighted by Crippen LogP contribution is 2.28. The molecule has 0 saturated carbocycles. The van der Waals surface area contributed by atoms with Crippen LogP contribution in [0, 0.1) is 0 Å². The first-order valence-electron chi connectivity index (χ1n) is 6.99. The largest absolute Gasteiger partial charge is 0.507 e. The molecule has 1 atom stereocenters. The van der Waals surface area contributed by atoms with Crippen molar-refractivity contribution in [2.75, 3.05) is 31.6 Å². The number of hydrogen-bond acceptors (Lipinski definition) is 4. The zero-order chi connectivity index (χ0) is 14.7. The van der Waals surface area contributed by atoms with E-state index in [0.717, 1.165) is 31.6 Å². The predicted octanol–water partition coefficient (Wildman–Crippen LogP) is 1.50. The zero-order valence-electron chi connectivity index (χ0n) is 12.0. The Bertz CT molecular complexity index is 482. The minimum atomic E-state index is -0.708. The van der Waals surface area contributed by atoms with Crippen molar-refractivity contribution in [1.82, 2.24) is 4.90 Å². The van der Waals surface area contributed by atoms with E-state index in [2.05, 4.69) is 0 Å².